The Kier molecular flexibility index (Phi) is 7.26. The fraction of sp³-hybridized carbons (Fsp3) is 0.609. The Morgan fingerprint density at radius 1 is 1.00 bits per heavy atom. The van der Waals surface area contributed by atoms with Gasteiger partial charge in [0.2, 0.25) is 17.7 Å². The van der Waals surface area contributed by atoms with Crippen molar-refractivity contribution in [2.45, 2.75) is 44.2 Å². The monoisotopic (exact) mass is 442 g/mol. The van der Waals surface area contributed by atoms with Gasteiger partial charge in [-0.05, 0) is 43.5 Å². The molecule has 4 N–H and O–H groups in total. The molecule has 0 radical (unpaired) electrons. The molecular weight excluding hydrogens is 408 g/mol. The van der Waals surface area contributed by atoms with Crippen molar-refractivity contribution in [1.29, 1.82) is 0 Å². The number of benzene rings is 1. The highest BCUT2D eigenvalue weighted by Gasteiger charge is 2.26. The lowest BCUT2D eigenvalue weighted by Crippen LogP contribution is -2.48. The van der Waals surface area contributed by atoms with Crippen LogP contribution in [0.25, 0.3) is 0 Å². The Morgan fingerprint density at radius 3 is 2.34 bits per heavy atom. The second-order valence-corrected chi connectivity index (χ2v) is 8.99. The van der Waals surface area contributed by atoms with Gasteiger partial charge in [0.25, 0.3) is 0 Å². The molecule has 0 bridgehead atoms. The molecule has 3 aliphatic heterocycles. The molecule has 3 aliphatic rings. The average molecular weight is 443 g/mol. The highest BCUT2D eigenvalue weighted by molar-refractivity contribution is 6.01. The molecule has 1 unspecified atom stereocenters. The normalized spacial score (nSPS) is 23.2. The summed E-state index contributed by atoms with van der Waals surface area (Å²) in [4.78, 5) is 42.3. The van der Waals surface area contributed by atoms with Crippen LogP contribution in [0.1, 0.15) is 32.1 Å². The van der Waals surface area contributed by atoms with E-state index in [4.69, 9.17) is 5.73 Å². The molecule has 4 rings (SSSR count). The number of hydrogen-bond acceptors (Lipinski definition) is 7. The number of carbonyl (C=O) groups excluding carboxylic acids is 3. The van der Waals surface area contributed by atoms with Gasteiger partial charge in [-0.15, -0.1) is 0 Å². The Morgan fingerprint density at radius 2 is 1.69 bits per heavy atom. The first-order chi connectivity index (χ1) is 15.5. The van der Waals surface area contributed by atoms with Crippen LogP contribution in [-0.2, 0) is 14.4 Å². The van der Waals surface area contributed by atoms with E-state index in [1.807, 2.05) is 17.0 Å². The number of anilines is 2. The van der Waals surface area contributed by atoms with E-state index >= 15 is 0 Å². The van der Waals surface area contributed by atoms with Crippen LogP contribution in [0.15, 0.2) is 24.3 Å². The minimum absolute atomic E-state index is 0.205. The van der Waals surface area contributed by atoms with Gasteiger partial charge in [0.15, 0.2) is 0 Å². The van der Waals surface area contributed by atoms with E-state index in [1.54, 1.807) is 0 Å². The maximum Gasteiger partial charge on any atom is 0.249 e. The van der Waals surface area contributed by atoms with Crippen molar-refractivity contribution in [3.63, 3.8) is 0 Å². The van der Waals surface area contributed by atoms with Gasteiger partial charge in [-0.1, -0.05) is 0 Å². The predicted molar refractivity (Wildman–Crippen MR) is 123 cm³/mol. The average Bonchev–Trinajstić information content (AvgIpc) is 2.81. The number of imide groups is 1. The second-order valence-electron chi connectivity index (χ2n) is 8.99. The molecule has 3 amide bonds. The zero-order valence-corrected chi connectivity index (χ0v) is 18.6. The van der Waals surface area contributed by atoms with Crippen molar-refractivity contribution in [3.05, 3.63) is 24.3 Å². The van der Waals surface area contributed by atoms with E-state index in [1.165, 1.54) is 0 Å². The minimum atomic E-state index is -0.369. The standard InChI is InChI=1S/C23H34N6O3/c24-17-7-11-29(12-8-17)22(31)9-10-27-13-15-28(16-14-27)19-3-1-18(2-4-19)25-20-5-6-21(30)26-23(20)32/h1-4,17,20,25H,5-16,24H2,(H,26,30,32). The number of rotatable bonds is 6. The van der Waals surface area contributed by atoms with E-state index in [0.29, 0.717) is 19.3 Å². The van der Waals surface area contributed by atoms with Gasteiger partial charge in [0, 0.05) is 76.1 Å². The summed E-state index contributed by atoms with van der Waals surface area (Å²) in [6.45, 7) is 6.12. The first-order valence-electron chi connectivity index (χ1n) is 11.7. The Bertz CT molecular complexity index is 814. The minimum Gasteiger partial charge on any atom is -0.374 e. The van der Waals surface area contributed by atoms with Crippen LogP contribution in [0, 0.1) is 0 Å². The van der Waals surface area contributed by atoms with Gasteiger partial charge in [0.05, 0.1) is 0 Å². The van der Waals surface area contributed by atoms with Crippen LogP contribution in [-0.4, -0.2) is 85.4 Å². The number of amides is 3. The van der Waals surface area contributed by atoms with Gasteiger partial charge in [0.1, 0.15) is 6.04 Å². The molecule has 174 valence electrons. The number of piperazine rings is 1. The summed E-state index contributed by atoms with van der Waals surface area (Å²) in [5.41, 5.74) is 7.95. The van der Waals surface area contributed by atoms with E-state index in [2.05, 4.69) is 32.6 Å². The molecule has 1 aromatic rings. The molecule has 3 heterocycles. The number of likely N-dealkylation sites (tertiary alicyclic amines) is 1. The number of piperidine rings is 2. The topological polar surface area (TPSA) is 111 Å². The lowest BCUT2D eigenvalue weighted by molar-refractivity contribution is -0.134. The third kappa shape index (κ3) is 5.77. The van der Waals surface area contributed by atoms with Crippen molar-refractivity contribution < 1.29 is 14.4 Å². The molecule has 3 saturated heterocycles. The van der Waals surface area contributed by atoms with Crippen LogP contribution in [0.3, 0.4) is 0 Å². The Hall–Kier alpha value is -2.65. The van der Waals surface area contributed by atoms with Crippen molar-refractivity contribution in [3.8, 4) is 0 Å². The third-order valence-corrected chi connectivity index (χ3v) is 6.72. The Labute approximate surface area is 189 Å². The summed E-state index contributed by atoms with van der Waals surface area (Å²) in [5, 5.41) is 5.58. The third-order valence-electron chi connectivity index (χ3n) is 6.72. The molecule has 1 atom stereocenters. The summed E-state index contributed by atoms with van der Waals surface area (Å²) in [7, 11) is 0. The van der Waals surface area contributed by atoms with Gasteiger partial charge in [-0.25, -0.2) is 0 Å². The number of hydrogen-bond donors (Lipinski definition) is 3. The van der Waals surface area contributed by atoms with Crippen LogP contribution in [0.5, 0.6) is 0 Å². The van der Waals surface area contributed by atoms with Gasteiger partial charge in [-0.2, -0.15) is 0 Å². The predicted octanol–water partition coefficient (Wildman–Crippen LogP) is 0.366. The summed E-state index contributed by atoms with van der Waals surface area (Å²) < 4.78 is 0. The van der Waals surface area contributed by atoms with E-state index < -0.39 is 0 Å². The van der Waals surface area contributed by atoms with Crippen molar-refractivity contribution in [1.82, 2.24) is 15.1 Å². The fourth-order valence-electron chi connectivity index (χ4n) is 4.59. The lowest BCUT2D eigenvalue weighted by atomic mass is 10.1. The molecule has 3 fully saturated rings. The number of nitrogens with one attached hydrogen (secondary N) is 2. The maximum absolute atomic E-state index is 12.4. The maximum atomic E-state index is 12.4. The molecule has 0 aromatic heterocycles. The number of nitrogens with two attached hydrogens (primary N) is 1. The first-order valence-corrected chi connectivity index (χ1v) is 11.7. The molecule has 0 spiro atoms. The van der Waals surface area contributed by atoms with Crippen LogP contribution < -0.4 is 21.3 Å². The zero-order chi connectivity index (χ0) is 22.5. The zero-order valence-electron chi connectivity index (χ0n) is 18.6. The van der Waals surface area contributed by atoms with E-state index in [9.17, 15) is 14.4 Å². The number of carbonyl (C=O) groups is 3. The molecule has 9 heteroatoms. The SMILES string of the molecule is NC1CCN(C(=O)CCN2CCN(c3ccc(NC4CCC(=O)NC4=O)cc3)CC2)CC1. The fourth-order valence-corrected chi connectivity index (χ4v) is 4.59. The van der Waals surface area contributed by atoms with Crippen molar-refractivity contribution in [2.24, 2.45) is 5.73 Å². The van der Waals surface area contributed by atoms with Crippen molar-refractivity contribution >= 4 is 29.1 Å². The lowest BCUT2D eigenvalue weighted by Gasteiger charge is -2.36. The molecule has 32 heavy (non-hydrogen) atoms. The van der Waals surface area contributed by atoms with Crippen LogP contribution in [0.4, 0.5) is 11.4 Å². The first kappa shape index (κ1) is 22.5. The molecule has 0 saturated carbocycles. The van der Waals surface area contributed by atoms with Gasteiger partial charge < -0.3 is 20.9 Å². The molecule has 9 nitrogen and oxygen atoms in total. The molecular formula is C23H34N6O3. The van der Waals surface area contributed by atoms with Crippen LogP contribution in [0.2, 0.25) is 0 Å². The number of nitrogens with zero attached hydrogens (tertiary/aromatic N) is 3. The summed E-state index contributed by atoms with van der Waals surface area (Å²) in [6, 6.07) is 7.97. The van der Waals surface area contributed by atoms with Gasteiger partial charge >= 0.3 is 0 Å². The summed E-state index contributed by atoms with van der Waals surface area (Å²) in [5.74, 6) is -0.217. The second kappa shape index (κ2) is 10.3. The summed E-state index contributed by atoms with van der Waals surface area (Å²) >= 11 is 0. The molecule has 0 aliphatic carbocycles. The highest BCUT2D eigenvalue weighted by atomic mass is 16.2. The Balaban J connectivity index is 1.19. The summed E-state index contributed by atoms with van der Waals surface area (Å²) in [6.07, 6.45) is 3.28. The highest BCUT2D eigenvalue weighted by Crippen LogP contribution is 2.21. The van der Waals surface area contributed by atoms with Crippen molar-refractivity contribution in [2.75, 3.05) is 56.0 Å². The quantitative estimate of drug-likeness (QED) is 0.546. The smallest absolute Gasteiger partial charge is 0.249 e. The van der Waals surface area contributed by atoms with E-state index in [-0.39, 0.29) is 29.8 Å². The van der Waals surface area contributed by atoms with Gasteiger partial charge in [-0.3, -0.25) is 24.6 Å². The largest absolute Gasteiger partial charge is 0.374 e. The van der Waals surface area contributed by atoms with E-state index in [0.717, 1.165) is 70.0 Å². The van der Waals surface area contributed by atoms with Crippen LogP contribution >= 0.6 is 0 Å². The molecule has 1 aromatic carbocycles.